The van der Waals surface area contributed by atoms with E-state index in [0.29, 0.717) is 31.2 Å². The van der Waals surface area contributed by atoms with Crippen LogP contribution in [0.5, 0.6) is 0 Å². The first kappa shape index (κ1) is 22.3. The Morgan fingerprint density at radius 1 is 1.10 bits per heavy atom. The summed E-state index contributed by atoms with van der Waals surface area (Å²) in [5.74, 6) is 0.833. The molecule has 0 radical (unpaired) electrons. The number of thioether (sulfide) groups is 1. The minimum absolute atomic E-state index is 0.300. The summed E-state index contributed by atoms with van der Waals surface area (Å²) in [6.07, 6.45) is 0.982. The maximum atomic E-state index is 13.1. The predicted octanol–water partition coefficient (Wildman–Crippen LogP) is 4.38. The van der Waals surface area contributed by atoms with Crippen LogP contribution in [-0.2, 0) is 27.1 Å². The van der Waals surface area contributed by atoms with Gasteiger partial charge in [0.05, 0.1) is 29.1 Å². The summed E-state index contributed by atoms with van der Waals surface area (Å²) in [6.45, 7) is 8.88. The molecule has 4 rings (SSSR count). The smallest absolute Gasteiger partial charge is 0.243 e. The Hall–Kier alpha value is -1.87. The number of nitrogens with zero attached hydrogens (tertiary/aromatic N) is 3. The van der Waals surface area contributed by atoms with Crippen LogP contribution in [-0.4, -0.2) is 48.6 Å². The second-order valence-electron chi connectivity index (χ2n) is 7.93. The summed E-state index contributed by atoms with van der Waals surface area (Å²) in [5.41, 5.74) is 5.53. The van der Waals surface area contributed by atoms with Gasteiger partial charge in [-0.3, -0.25) is 0 Å². The van der Waals surface area contributed by atoms with E-state index in [-0.39, 0.29) is 0 Å². The van der Waals surface area contributed by atoms with E-state index < -0.39 is 10.0 Å². The van der Waals surface area contributed by atoms with Gasteiger partial charge in [-0.25, -0.2) is 13.4 Å². The summed E-state index contributed by atoms with van der Waals surface area (Å²) in [5, 5.41) is 0.929. The first-order valence-electron chi connectivity index (χ1n) is 10.7. The molecule has 3 aromatic rings. The van der Waals surface area contributed by atoms with Gasteiger partial charge >= 0.3 is 0 Å². The Balaban J connectivity index is 1.66. The number of morpholine rings is 1. The molecule has 0 unspecified atom stereocenters. The van der Waals surface area contributed by atoms with Crippen LogP contribution in [0.15, 0.2) is 46.5 Å². The van der Waals surface area contributed by atoms with Crippen LogP contribution in [0.25, 0.3) is 11.0 Å². The lowest BCUT2D eigenvalue weighted by atomic mass is 10.1. The van der Waals surface area contributed by atoms with Gasteiger partial charge in [-0.2, -0.15) is 4.31 Å². The molecule has 0 atom stereocenters. The molecule has 0 spiro atoms. The molecule has 1 aliphatic rings. The molecule has 1 aliphatic heterocycles. The molecule has 1 aromatic heterocycles. The summed E-state index contributed by atoms with van der Waals surface area (Å²) in [4.78, 5) is 5.14. The molecule has 0 aliphatic carbocycles. The molecule has 8 heteroatoms. The van der Waals surface area contributed by atoms with E-state index in [1.54, 1.807) is 23.9 Å². The van der Waals surface area contributed by atoms with Gasteiger partial charge < -0.3 is 9.30 Å². The zero-order valence-corrected chi connectivity index (χ0v) is 19.9. The molecule has 0 amide bonds. The van der Waals surface area contributed by atoms with E-state index in [0.717, 1.165) is 34.9 Å². The normalized spacial score (nSPS) is 15.6. The van der Waals surface area contributed by atoms with Gasteiger partial charge in [-0.15, -0.1) is 0 Å². The summed E-state index contributed by atoms with van der Waals surface area (Å²) in [6, 6.07) is 11.8. The van der Waals surface area contributed by atoms with Gasteiger partial charge in [0, 0.05) is 25.4 Å². The third-order valence-electron chi connectivity index (χ3n) is 5.60. The van der Waals surface area contributed by atoms with Crippen LogP contribution in [0.2, 0.25) is 0 Å². The number of hydrogen-bond acceptors (Lipinski definition) is 5. The van der Waals surface area contributed by atoms with Crippen molar-refractivity contribution in [1.82, 2.24) is 13.9 Å². The molecule has 0 saturated carbocycles. The number of hydrogen-bond donors (Lipinski definition) is 0. The SMILES string of the molecule is CCCn1c(SCc2cc(C)ccc2C)nc2cc(S(=O)(=O)N3CCOCC3)ccc21. The topological polar surface area (TPSA) is 64.4 Å². The van der Waals surface area contributed by atoms with E-state index >= 15 is 0 Å². The molecule has 0 N–H and O–H groups in total. The van der Waals surface area contributed by atoms with Crippen molar-refractivity contribution in [3.05, 3.63) is 53.1 Å². The van der Waals surface area contributed by atoms with Crippen molar-refractivity contribution in [2.75, 3.05) is 26.3 Å². The van der Waals surface area contributed by atoms with Crippen molar-refractivity contribution in [2.24, 2.45) is 0 Å². The molecular formula is C23H29N3O3S2. The third-order valence-corrected chi connectivity index (χ3v) is 8.52. The zero-order chi connectivity index (χ0) is 22.0. The molecule has 166 valence electrons. The third kappa shape index (κ3) is 4.67. The van der Waals surface area contributed by atoms with Crippen molar-refractivity contribution in [3.63, 3.8) is 0 Å². The van der Waals surface area contributed by atoms with Crippen molar-refractivity contribution in [1.29, 1.82) is 0 Å². The Morgan fingerprint density at radius 3 is 2.61 bits per heavy atom. The van der Waals surface area contributed by atoms with Crippen LogP contribution < -0.4 is 0 Å². The van der Waals surface area contributed by atoms with Gasteiger partial charge in [0.25, 0.3) is 0 Å². The molecular weight excluding hydrogens is 430 g/mol. The molecule has 2 aromatic carbocycles. The zero-order valence-electron chi connectivity index (χ0n) is 18.3. The minimum atomic E-state index is -3.54. The van der Waals surface area contributed by atoms with E-state index in [9.17, 15) is 8.42 Å². The fraction of sp³-hybridized carbons (Fsp3) is 0.435. The number of aromatic nitrogens is 2. The van der Waals surface area contributed by atoms with Gasteiger partial charge in [-0.1, -0.05) is 42.4 Å². The lowest BCUT2D eigenvalue weighted by Gasteiger charge is -2.26. The first-order valence-corrected chi connectivity index (χ1v) is 13.1. The summed E-state index contributed by atoms with van der Waals surface area (Å²) >= 11 is 1.71. The second-order valence-corrected chi connectivity index (χ2v) is 10.8. The highest BCUT2D eigenvalue weighted by Gasteiger charge is 2.27. The average Bonchev–Trinajstić information content (AvgIpc) is 3.12. The Bertz CT molecular complexity index is 1180. The molecule has 1 saturated heterocycles. The number of rotatable bonds is 7. The van der Waals surface area contributed by atoms with Gasteiger partial charge in [0.2, 0.25) is 10.0 Å². The van der Waals surface area contributed by atoms with Crippen molar-refractivity contribution < 1.29 is 13.2 Å². The monoisotopic (exact) mass is 459 g/mol. The van der Waals surface area contributed by atoms with Crippen LogP contribution in [0.3, 0.4) is 0 Å². The second kappa shape index (κ2) is 9.32. The van der Waals surface area contributed by atoms with Crippen LogP contribution >= 0.6 is 11.8 Å². The Morgan fingerprint density at radius 2 is 1.87 bits per heavy atom. The predicted molar refractivity (Wildman–Crippen MR) is 125 cm³/mol. The molecule has 31 heavy (non-hydrogen) atoms. The number of ether oxygens (including phenoxy) is 1. The van der Waals surface area contributed by atoms with E-state index in [1.165, 1.54) is 21.0 Å². The van der Waals surface area contributed by atoms with Crippen molar-refractivity contribution in [2.45, 2.75) is 49.5 Å². The highest BCUT2D eigenvalue weighted by Crippen LogP contribution is 2.30. The van der Waals surface area contributed by atoms with E-state index in [2.05, 4.69) is 43.5 Å². The van der Waals surface area contributed by atoms with Crippen LogP contribution in [0.1, 0.15) is 30.0 Å². The van der Waals surface area contributed by atoms with Crippen LogP contribution in [0.4, 0.5) is 0 Å². The highest BCUT2D eigenvalue weighted by molar-refractivity contribution is 7.98. The lowest BCUT2D eigenvalue weighted by molar-refractivity contribution is 0.0730. The largest absolute Gasteiger partial charge is 0.379 e. The fourth-order valence-electron chi connectivity index (χ4n) is 3.83. The maximum absolute atomic E-state index is 13.1. The maximum Gasteiger partial charge on any atom is 0.243 e. The molecule has 1 fully saturated rings. The average molecular weight is 460 g/mol. The quantitative estimate of drug-likeness (QED) is 0.491. The number of benzene rings is 2. The lowest BCUT2D eigenvalue weighted by Crippen LogP contribution is -2.40. The van der Waals surface area contributed by atoms with E-state index in [4.69, 9.17) is 9.72 Å². The Kier molecular flexibility index (Phi) is 6.71. The molecule has 2 heterocycles. The number of sulfonamides is 1. The van der Waals surface area contributed by atoms with Crippen molar-refractivity contribution in [3.8, 4) is 0 Å². The standard InChI is InChI=1S/C23H29N3O3S2/c1-4-9-26-22-8-7-20(31(27,28)25-10-12-29-13-11-25)15-21(22)24-23(26)30-16-19-14-17(2)5-6-18(19)3/h5-8,14-15H,4,9-13,16H2,1-3H3. The summed E-state index contributed by atoms with van der Waals surface area (Å²) < 4.78 is 35.1. The number of fused-ring (bicyclic) bond motifs is 1. The number of imidazole rings is 1. The van der Waals surface area contributed by atoms with Gasteiger partial charge in [-0.05, 0) is 49.6 Å². The minimum Gasteiger partial charge on any atom is -0.379 e. The summed E-state index contributed by atoms with van der Waals surface area (Å²) in [7, 11) is -3.54. The Labute approximate surface area is 188 Å². The first-order chi connectivity index (χ1) is 14.9. The van der Waals surface area contributed by atoms with Crippen molar-refractivity contribution >= 4 is 32.8 Å². The van der Waals surface area contributed by atoms with E-state index in [1.807, 2.05) is 6.07 Å². The fourth-order valence-corrected chi connectivity index (χ4v) is 6.36. The van der Waals surface area contributed by atoms with Crippen LogP contribution in [0, 0.1) is 13.8 Å². The highest BCUT2D eigenvalue weighted by atomic mass is 32.2. The molecule has 0 bridgehead atoms. The number of aryl methyl sites for hydroxylation is 3. The van der Waals surface area contributed by atoms with Gasteiger partial charge in [0.1, 0.15) is 0 Å². The van der Waals surface area contributed by atoms with Gasteiger partial charge in [0.15, 0.2) is 5.16 Å². The molecule has 6 nitrogen and oxygen atoms in total.